The van der Waals surface area contributed by atoms with Crippen molar-refractivity contribution in [3.8, 4) is 0 Å². The monoisotopic (exact) mass is 378 g/mol. The van der Waals surface area contributed by atoms with Crippen molar-refractivity contribution < 1.29 is 0 Å². The van der Waals surface area contributed by atoms with E-state index in [-0.39, 0.29) is 12.1 Å². The zero-order chi connectivity index (χ0) is 16.7. The highest BCUT2D eigenvalue weighted by Gasteiger charge is 2.31. The number of nitrogens with zero attached hydrogens (tertiary/aromatic N) is 3. The van der Waals surface area contributed by atoms with Gasteiger partial charge in [-0.15, -0.1) is 0 Å². The summed E-state index contributed by atoms with van der Waals surface area (Å²) in [6.07, 6.45) is 2.34. The maximum atomic E-state index is 6.43. The van der Waals surface area contributed by atoms with E-state index in [1.165, 1.54) is 0 Å². The van der Waals surface area contributed by atoms with Crippen molar-refractivity contribution in [3.63, 3.8) is 0 Å². The molecule has 0 spiro atoms. The van der Waals surface area contributed by atoms with Gasteiger partial charge in [0, 0.05) is 15.1 Å². The zero-order valence-corrected chi connectivity index (χ0v) is 14.7. The van der Waals surface area contributed by atoms with Gasteiger partial charge in [0.2, 0.25) is 5.95 Å². The quantitative estimate of drug-likeness (QED) is 0.649. The van der Waals surface area contributed by atoms with Gasteiger partial charge in [0.1, 0.15) is 6.33 Å². The SMILES string of the molecule is Clc1ccc([C@H]2C[C@H](c3ccc(Cl)cc3Cl)n3ncnc3N2)cc1. The molecule has 2 heterocycles. The molecule has 7 heteroatoms. The molecule has 2 atom stereocenters. The molecule has 122 valence electrons. The number of nitrogens with one attached hydrogen (secondary N) is 1. The second-order valence-electron chi connectivity index (χ2n) is 5.69. The van der Waals surface area contributed by atoms with Crippen molar-refractivity contribution in [2.75, 3.05) is 5.32 Å². The van der Waals surface area contributed by atoms with Gasteiger partial charge in [-0.3, -0.25) is 0 Å². The molecular weight excluding hydrogens is 367 g/mol. The van der Waals surface area contributed by atoms with E-state index in [1.54, 1.807) is 12.4 Å². The van der Waals surface area contributed by atoms with E-state index >= 15 is 0 Å². The molecule has 0 saturated heterocycles. The van der Waals surface area contributed by atoms with Crippen molar-refractivity contribution in [1.82, 2.24) is 14.8 Å². The van der Waals surface area contributed by atoms with E-state index in [0.29, 0.717) is 10.0 Å². The third kappa shape index (κ3) is 2.86. The van der Waals surface area contributed by atoms with Crippen molar-refractivity contribution in [1.29, 1.82) is 0 Å². The molecule has 0 saturated carbocycles. The van der Waals surface area contributed by atoms with E-state index in [0.717, 1.165) is 28.5 Å². The zero-order valence-electron chi connectivity index (χ0n) is 12.5. The Morgan fingerprint density at radius 3 is 2.50 bits per heavy atom. The minimum atomic E-state index is -0.0193. The largest absolute Gasteiger partial charge is 0.348 e. The van der Waals surface area contributed by atoms with Crippen LogP contribution in [-0.2, 0) is 0 Å². The summed E-state index contributed by atoms with van der Waals surface area (Å²) >= 11 is 18.5. The highest BCUT2D eigenvalue weighted by molar-refractivity contribution is 6.35. The van der Waals surface area contributed by atoms with Crippen LogP contribution in [0.3, 0.4) is 0 Å². The number of aromatic nitrogens is 3. The Morgan fingerprint density at radius 2 is 1.75 bits per heavy atom. The fourth-order valence-electron chi connectivity index (χ4n) is 3.06. The van der Waals surface area contributed by atoms with Gasteiger partial charge in [-0.25, -0.2) is 4.68 Å². The van der Waals surface area contributed by atoms with Gasteiger partial charge in [-0.1, -0.05) is 53.0 Å². The first-order valence-corrected chi connectivity index (χ1v) is 8.61. The summed E-state index contributed by atoms with van der Waals surface area (Å²) in [5, 5.41) is 9.74. The van der Waals surface area contributed by atoms with Gasteiger partial charge in [0.05, 0.1) is 12.1 Å². The number of hydrogen-bond donors (Lipinski definition) is 1. The second-order valence-corrected chi connectivity index (χ2v) is 6.97. The summed E-state index contributed by atoms with van der Waals surface area (Å²) in [5.41, 5.74) is 2.12. The molecule has 1 aromatic heterocycles. The fraction of sp³-hybridized carbons (Fsp3) is 0.176. The van der Waals surface area contributed by atoms with Crippen molar-refractivity contribution in [2.24, 2.45) is 0 Å². The third-order valence-corrected chi connectivity index (χ3v) is 5.04. The Bertz CT molecular complexity index is 876. The third-order valence-electron chi connectivity index (χ3n) is 4.22. The molecule has 4 rings (SSSR count). The van der Waals surface area contributed by atoms with Crippen LogP contribution in [0.5, 0.6) is 0 Å². The molecule has 0 radical (unpaired) electrons. The summed E-state index contributed by atoms with van der Waals surface area (Å²) < 4.78 is 1.86. The van der Waals surface area contributed by atoms with Crippen LogP contribution in [0, 0.1) is 0 Å². The first kappa shape index (κ1) is 15.8. The number of benzene rings is 2. The van der Waals surface area contributed by atoms with Crippen LogP contribution in [-0.4, -0.2) is 14.8 Å². The molecule has 1 aliphatic heterocycles. The summed E-state index contributed by atoms with van der Waals surface area (Å²) in [4.78, 5) is 4.32. The van der Waals surface area contributed by atoms with Crippen molar-refractivity contribution in [3.05, 3.63) is 75.0 Å². The maximum Gasteiger partial charge on any atom is 0.222 e. The molecule has 24 heavy (non-hydrogen) atoms. The number of anilines is 1. The summed E-state index contributed by atoms with van der Waals surface area (Å²) in [7, 11) is 0. The van der Waals surface area contributed by atoms with E-state index in [2.05, 4.69) is 15.4 Å². The molecule has 0 fully saturated rings. The maximum absolute atomic E-state index is 6.43. The van der Waals surface area contributed by atoms with Crippen LogP contribution < -0.4 is 5.32 Å². The summed E-state index contributed by atoms with van der Waals surface area (Å²) in [6.45, 7) is 0. The Morgan fingerprint density at radius 1 is 1.00 bits per heavy atom. The standard InChI is InChI=1S/C17H13Cl3N4/c18-11-3-1-10(2-4-11)15-8-16(24-17(23-15)21-9-22-24)13-6-5-12(19)7-14(13)20/h1-7,9,15-16H,8H2,(H,21,22,23)/t15-,16-/m1/s1. The van der Waals surface area contributed by atoms with Gasteiger partial charge in [-0.05, 0) is 41.8 Å². The molecule has 0 bridgehead atoms. The Hall–Kier alpha value is -1.75. The minimum absolute atomic E-state index is 0.0193. The van der Waals surface area contributed by atoms with E-state index < -0.39 is 0 Å². The first-order chi connectivity index (χ1) is 11.6. The highest BCUT2D eigenvalue weighted by atomic mass is 35.5. The Labute approximate surface area is 154 Å². The lowest BCUT2D eigenvalue weighted by atomic mass is 9.93. The molecule has 3 aromatic rings. The van der Waals surface area contributed by atoms with Crippen LogP contribution in [0.4, 0.5) is 5.95 Å². The summed E-state index contributed by atoms with van der Waals surface area (Å²) in [6, 6.07) is 13.5. The van der Waals surface area contributed by atoms with Crippen LogP contribution in [0.1, 0.15) is 29.6 Å². The Balaban J connectivity index is 1.75. The van der Waals surface area contributed by atoms with Gasteiger partial charge >= 0.3 is 0 Å². The number of rotatable bonds is 2. The van der Waals surface area contributed by atoms with Gasteiger partial charge in [-0.2, -0.15) is 10.1 Å². The average molecular weight is 380 g/mol. The predicted octanol–water partition coefficient (Wildman–Crippen LogP) is 5.38. The van der Waals surface area contributed by atoms with E-state index in [4.69, 9.17) is 34.8 Å². The van der Waals surface area contributed by atoms with Crippen molar-refractivity contribution >= 4 is 40.8 Å². The average Bonchev–Trinajstić information content (AvgIpc) is 3.03. The lowest BCUT2D eigenvalue weighted by molar-refractivity contribution is 0.431. The van der Waals surface area contributed by atoms with Gasteiger partial charge < -0.3 is 5.32 Å². The molecular formula is C17H13Cl3N4. The second kappa shape index (κ2) is 6.28. The van der Waals surface area contributed by atoms with E-state index in [9.17, 15) is 0 Å². The van der Waals surface area contributed by atoms with Crippen LogP contribution >= 0.6 is 34.8 Å². The lowest BCUT2D eigenvalue weighted by Crippen LogP contribution is -2.28. The van der Waals surface area contributed by atoms with Gasteiger partial charge in [0.25, 0.3) is 0 Å². The lowest BCUT2D eigenvalue weighted by Gasteiger charge is -2.32. The molecule has 1 N–H and O–H groups in total. The Kier molecular flexibility index (Phi) is 4.12. The number of fused-ring (bicyclic) bond motifs is 1. The van der Waals surface area contributed by atoms with Gasteiger partial charge in [0.15, 0.2) is 0 Å². The molecule has 0 aliphatic carbocycles. The highest BCUT2D eigenvalue weighted by Crippen LogP contribution is 2.40. The topological polar surface area (TPSA) is 42.7 Å². The fourth-order valence-corrected chi connectivity index (χ4v) is 3.72. The molecule has 2 aromatic carbocycles. The molecule has 4 nitrogen and oxygen atoms in total. The first-order valence-electron chi connectivity index (χ1n) is 7.48. The summed E-state index contributed by atoms with van der Waals surface area (Å²) in [5.74, 6) is 0.720. The number of halogens is 3. The molecule has 1 aliphatic rings. The normalized spacial score (nSPS) is 19.6. The predicted molar refractivity (Wildman–Crippen MR) is 97.1 cm³/mol. The van der Waals surface area contributed by atoms with Crippen molar-refractivity contribution in [2.45, 2.75) is 18.5 Å². The smallest absolute Gasteiger partial charge is 0.222 e. The van der Waals surface area contributed by atoms with Crippen LogP contribution in [0.25, 0.3) is 0 Å². The minimum Gasteiger partial charge on any atom is -0.348 e. The molecule has 0 amide bonds. The van der Waals surface area contributed by atoms with Crippen LogP contribution in [0.2, 0.25) is 15.1 Å². The molecule has 0 unspecified atom stereocenters. The number of hydrogen-bond acceptors (Lipinski definition) is 3. The van der Waals surface area contributed by atoms with Crippen LogP contribution in [0.15, 0.2) is 48.8 Å². The van der Waals surface area contributed by atoms with E-state index in [1.807, 2.05) is 41.1 Å².